The van der Waals surface area contributed by atoms with E-state index in [1.54, 1.807) is 30.9 Å². The van der Waals surface area contributed by atoms with Gasteiger partial charge in [0, 0.05) is 23.7 Å². The summed E-state index contributed by atoms with van der Waals surface area (Å²) in [4.78, 5) is 41.1. The van der Waals surface area contributed by atoms with Crippen LogP contribution in [-0.4, -0.2) is 68.8 Å². The van der Waals surface area contributed by atoms with Gasteiger partial charge in [0.2, 0.25) is 17.7 Å². The number of hydrogen-bond acceptors (Lipinski definition) is 5. The monoisotopic (exact) mass is 515 g/mol. The number of amides is 3. The number of carbonyl (C=O) groups is 3. The van der Waals surface area contributed by atoms with Crippen LogP contribution in [-0.2, 0) is 14.4 Å². The SMILES string of the molecule is CNC(=O)[C@H]1[C@H]2C(=O)N(CCO)C(C(=O)Nc3c(C)cccc3Cl)C23CC(Br)[C@@H]1S3. The molecule has 4 rings (SSSR count). The highest BCUT2D eigenvalue weighted by Crippen LogP contribution is 2.67. The Kier molecular flexibility index (Phi) is 5.85. The predicted octanol–water partition coefficient (Wildman–Crippen LogP) is 1.79. The number of aliphatic hydroxyl groups excluding tert-OH is 1. The summed E-state index contributed by atoms with van der Waals surface area (Å²) in [6.45, 7) is 1.62. The third kappa shape index (κ3) is 3.08. The van der Waals surface area contributed by atoms with Crippen molar-refractivity contribution in [2.45, 2.75) is 34.2 Å². The standard InChI is InChI=1S/C20H23BrClN3O4S/c1-9-4-3-5-11(22)14(9)24-18(28)16-20-8-10(21)15(30-20)12(17(27)23-2)13(20)19(29)25(16)6-7-26/h3-5,10,12-13,15-16,26H,6-8H2,1-2H3,(H,23,27)(H,24,28)/t10?,12-,13-,15-,16?,20?/m0/s1. The number of benzene rings is 1. The van der Waals surface area contributed by atoms with Gasteiger partial charge in [-0.1, -0.05) is 39.7 Å². The zero-order chi connectivity index (χ0) is 21.8. The average molecular weight is 517 g/mol. The van der Waals surface area contributed by atoms with Gasteiger partial charge in [-0.05, 0) is 25.0 Å². The molecule has 3 aliphatic heterocycles. The lowest BCUT2D eigenvalue weighted by Crippen LogP contribution is -2.53. The quantitative estimate of drug-likeness (QED) is 0.518. The van der Waals surface area contributed by atoms with Crippen LogP contribution in [0.25, 0.3) is 0 Å². The number of halogens is 2. The highest BCUT2D eigenvalue weighted by molar-refractivity contribution is 9.09. The second kappa shape index (κ2) is 8.00. The van der Waals surface area contributed by atoms with Crippen molar-refractivity contribution in [2.75, 3.05) is 25.5 Å². The molecule has 2 bridgehead atoms. The number of carbonyl (C=O) groups excluding carboxylic acids is 3. The van der Waals surface area contributed by atoms with Crippen LogP contribution >= 0.6 is 39.3 Å². The topological polar surface area (TPSA) is 98.7 Å². The highest BCUT2D eigenvalue weighted by Gasteiger charge is 2.75. The number of hydrogen-bond donors (Lipinski definition) is 3. The Hall–Kier alpha value is -1.29. The summed E-state index contributed by atoms with van der Waals surface area (Å²) in [7, 11) is 1.56. The van der Waals surface area contributed by atoms with E-state index >= 15 is 0 Å². The Morgan fingerprint density at radius 1 is 1.40 bits per heavy atom. The van der Waals surface area contributed by atoms with Crippen LogP contribution < -0.4 is 10.6 Å². The smallest absolute Gasteiger partial charge is 0.248 e. The molecule has 7 nitrogen and oxygen atoms in total. The lowest BCUT2D eigenvalue weighted by molar-refractivity contribution is -0.139. The van der Waals surface area contributed by atoms with Crippen molar-refractivity contribution in [2.24, 2.45) is 11.8 Å². The largest absolute Gasteiger partial charge is 0.395 e. The number of aliphatic hydroxyl groups is 1. The predicted molar refractivity (Wildman–Crippen MR) is 120 cm³/mol. The van der Waals surface area contributed by atoms with E-state index in [0.29, 0.717) is 17.1 Å². The second-order valence-corrected chi connectivity index (χ2v) is 11.1. The minimum atomic E-state index is -0.803. The molecule has 6 atom stereocenters. The molecule has 3 aliphatic rings. The number of fused-ring (bicyclic) bond motifs is 1. The zero-order valence-electron chi connectivity index (χ0n) is 16.5. The maximum Gasteiger partial charge on any atom is 0.248 e. The maximum absolute atomic E-state index is 13.6. The molecule has 30 heavy (non-hydrogen) atoms. The molecule has 0 aromatic heterocycles. The van der Waals surface area contributed by atoms with Gasteiger partial charge in [0.05, 0.1) is 33.9 Å². The Morgan fingerprint density at radius 3 is 2.77 bits per heavy atom. The molecule has 3 unspecified atom stereocenters. The van der Waals surface area contributed by atoms with Crippen LogP contribution in [0.4, 0.5) is 5.69 Å². The van der Waals surface area contributed by atoms with Gasteiger partial charge in [-0.2, -0.15) is 0 Å². The van der Waals surface area contributed by atoms with Gasteiger partial charge in [-0.3, -0.25) is 14.4 Å². The molecule has 1 aromatic carbocycles. The second-order valence-electron chi connectivity index (χ2n) is 7.95. The fraction of sp³-hybridized carbons (Fsp3) is 0.550. The van der Waals surface area contributed by atoms with Crippen LogP contribution in [0.3, 0.4) is 0 Å². The van der Waals surface area contributed by atoms with Crippen LogP contribution in [0.2, 0.25) is 5.02 Å². The van der Waals surface area contributed by atoms with Gasteiger partial charge in [0.15, 0.2) is 0 Å². The summed E-state index contributed by atoms with van der Waals surface area (Å²) >= 11 is 11.5. The van der Waals surface area contributed by atoms with E-state index in [9.17, 15) is 19.5 Å². The van der Waals surface area contributed by atoms with E-state index in [1.807, 2.05) is 13.0 Å². The molecule has 3 saturated heterocycles. The fourth-order valence-electron chi connectivity index (χ4n) is 5.23. The van der Waals surface area contributed by atoms with Gasteiger partial charge in [-0.25, -0.2) is 0 Å². The van der Waals surface area contributed by atoms with Gasteiger partial charge in [-0.15, -0.1) is 11.8 Å². The first-order valence-corrected chi connectivity index (χ1v) is 11.9. The third-order valence-electron chi connectivity index (χ3n) is 6.40. The summed E-state index contributed by atoms with van der Waals surface area (Å²) in [6, 6.07) is 4.54. The van der Waals surface area contributed by atoms with E-state index < -0.39 is 22.6 Å². The van der Waals surface area contributed by atoms with Gasteiger partial charge < -0.3 is 20.6 Å². The molecule has 3 amide bonds. The summed E-state index contributed by atoms with van der Waals surface area (Å²) in [5.74, 6) is -1.91. The number of anilines is 1. The van der Waals surface area contributed by atoms with Crippen molar-refractivity contribution >= 4 is 62.7 Å². The molecule has 10 heteroatoms. The van der Waals surface area contributed by atoms with Crippen LogP contribution in [0.15, 0.2) is 18.2 Å². The number of β-amino-alcohol motifs (C(OH)–C–C–N with tert-alkyl or cyclic N) is 1. The Bertz CT molecular complexity index is 898. The van der Waals surface area contributed by atoms with E-state index in [1.165, 1.54) is 4.90 Å². The fourth-order valence-corrected chi connectivity index (χ4v) is 9.11. The number of nitrogens with one attached hydrogen (secondary N) is 2. The molecular formula is C20H23BrClN3O4S. The van der Waals surface area contributed by atoms with Crippen molar-refractivity contribution in [1.82, 2.24) is 10.2 Å². The van der Waals surface area contributed by atoms with Crippen molar-refractivity contribution in [3.8, 4) is 0 Å². The molecular weight excluding hydrogens is 494 g/mol. The number of rotatable bonds is 5. The van der Waals surface area contributed by atoms with Crippen molar-refractivity contribution in [3.63, 3.8) is 0 Å². The van der Waals surface area contributed by atoms with Gasteiger partial charge in [0.25, 0.3) is 0 Å². The number of likely N-dealkylation sites (tertiary alicyclic amines) is 1. The molecule has 162 valence electrons. The lowest BCUT2D eigenvalue weighted by Gasteiger charge is -2.35. The molecule has 0 aliphatic carbocycles. The van der Waals surface area contributed by atoms with Crippen LogP contribution in [0, 0.1) is 18.8 Å². The number of alkyl halides is 1. The Balaban J connectivity index is 1.75. The average Bonchev–Trinajstić information content (AvgIpc) is 3.28. The summed E-state index contributed by atoms with van der Waals surface area (Å²) in [5, 5.41) is 15.5. The van der Waals surface area contributed by atoms with E-state index in [2.05, 4.69) is 26.6 Å². The van der Waals surface area contributed by atoms with Gasteiger partial charge in [0.1, 0.15) is 6.04 Å². The number of nitrogens with zero attached hydrogens (tertiary/aromatic N) is 1. The minimum Gasteiger partial charge on any atom is -0.395 e. The third-order valence-corrected chi connectivity index (χ3v) is 9.93. The first kappa shape index (κ1) is 21.9. The van der Waals surface area contributed by atoms with Crippen molar-refractivity contribution < 1.29 is 19.5 Å². The van der Waals surface area contributed by atoms with Crippen LogP contribution in [0.5, 0.6) is 0 Å². The van der Waals surface area contributed by atoms with E-state index in [-0.39, 0.29) is 41.0 Å². The minimum absolute atomic E-state index is 0.0141. The van der Waals surface area contributed by atoms with Gasteiger partial charge >= 0.3 is 0 Å². The molecule has 3 fully saturated rings. The Labute approximate surface area is 192 Å². The highest BCUT2D eigenvalue weighted by atomic mass is 79.9. The van der Waals surface area contributed by atoms with E-state index in [4.69, 9.17) is 11.6 Å². The number of para-hydroxylation sites is 1. The first-order valence-electron chi connectivity index (χ1n) is 9.77. The molecule has 3 N–H and O–H groups in total. The number of aryl methyl sites for hydroxylation is 1. The molecule has 1 aromatic rings. The van der Waals surface area contributed by atoms with Crippen molar-refractivity contribution in [1.29, 1.82) is 0 Å². The van der Waals surface area contributed by atoms with Crippen LogP contribution in [0.1, 0.15) is 12.0 Å². The molecule has 0 radical (unpaired) electrons. The zero-order valence-corrected chi connectivity index (χ0v) is 19.7. The summed E-state index contributed by atoms with van der Waals surface area (Å²) < 4.78 is -0.735. The maximum atomic E-state index is 13.6. The first-order chi connectivity index (χ1) is 14.3. The summed E-state index contributed by atoms with van der Waals surface area (Å²) in [6.07, 6.45) is 0.591. The van der Waals surface area contributed by atoms with Crippen molar-refractivity contribution in [3.05, 3.63) is 28.8 Å². The summed E-state index contributed by atoms with van der Waals surface area (Å²) in [5.41, 5.74) is 1.32. The molecule has 0 saturated carbocycles. The normalized spacial score (nSPS) is 34.2. The lowest BCUT2D eigenvalue weighted by atomic mass is 9.70. The Morgan fingerprint density at radius 2 is 2.13 bits per heavy atom. The molecule has 1 spiro atoms. The number of thioether (sulfide) groups is 1. The molecule has 3 heterocycles. The van der Waals surface area contributed by atoms with E-state index in [0.717, 1.165) is 5.56 Å².